The van der Waals surface area contributed by atoms with Crippen LogP contribution in [0.3, 0.4) is 0 Å². The predicted molar refractivity (Wildman–Crippen MR) is 93.9 cm³/mol. The second kappa shape index (κ2) is 5.50. The number of hydrogen-bond acceptors (Lipinski definition) is 2. The number of hydrogen-bond donors (Lipinski definition) is 0. The van der Waals surface area contributed by atoms with Gasteiger partial charge in [0, 0.05) is 5.41 Å². The Hall–Kier alpha value is -1.05. The third-order valence-electron chi connectivity index (χ3n) is 7.55. The quantitative estimate of drug-likeness (QED) is 0.511. The molecule has 2 nitrogen and oxygen atoms in total. The van der Waals surface area contributed by atoms with E-state index in [2.05, 4.69) is 39.5 Å². The lowest BCUT2D eigenvalue weighted by Gasteiger charge is -2.59. The number of methoxy groups -OCH3 is 1. The Balaban J connectivity index is 1.98. The molecule has 0 aromatic rings. The molecule has 0 bridgehead atoms. The number of rotatable bonds is 2. The Morgan fingerprint density at radius 2 is 2.00 bits per heavy atom. The van der Waals surface area contributed by atoms with E-state index in [9.17, 15) is 4.79 Å². The number of fused-ring (bicyclic) bond motifs is 3. The van der Waals surface area contributed by atoms with Crippen LogP contribution in [0.2, 0.25) is 0 Å². The number of allylic oxidation sites excluding steroid dienone is 3. The molecule has 128 valence electrons. The van der Waals surface area contributed by atoms with Crippen LogP contribution in [-0.2, 0) is 9.53 Å². The van der Waals surface area contributed by atoms with Crippen LogP contribution in [0.5, 0.6) is 0 Å². The maximum absolute atomic E-state index is 12.5. The molecule has 0 saturated heterocycles. The van der Waals surface area contributed by atoms with Crippen LogP contribution < -0.4 is 0 Å². The number of esters is 1. The van der Waals surface area contributed by atoms with Gasteiger partial charge in [0.1, 0.15) is 0 Å². The Bertz CT molecular complexity index is 548. The molecule has 3 aliphatic rings. The molecule has 0 spiro atoms. The summed E-state index contributed by atoms with van der Waals surface area (Å²) < 4.78 is 5.21. The van der Waals surface area contributed by atoms with Crippen molar-refractivity contribution in [2.75, 3.05) is 7.11 Å². The molecule has 2 fully saturated rings. The summed E-state index contributed by atoms with van der Waals surface area (Å²) in [6, 6.07) is 0. The summed E-state index contributed by atoms with van der Waals surface area (Å²) in [6.45, 7) is 11.0. The molecule has 2 saturated carbocycles. The lowest BCUT2D eigenvalue weighted by atomic mass is 9.45. The molecule has 0 radical (unpaired) electrons. The van der Waals surface area contributed by atoms with Gasteiger partial charge in [0.25, 0.3) is 0 Å². The lowest BCUT2D eigenvalue weighted by molar-refractivity contribution is -0.168. The van der Waals surface area contributed by atoms with E-state index in [1.165, 1.54) is 19.3 Å². The van der Waals surface area contributed by atoms with Gasteiger partial charge in [-0.1, -0.05) is 38.0 Å². The van der Waals surface area contributed by atoms with E-state index in [-0.39, 0.29) is 22.2 Å². The number of carbonyl (C=O) groups excluding carboxylic acids is 1. The summed E-state index contributed by atoms with van der Waals surface area (Å²) in [4.78, 5) is 12.5. The first-order valence-corrected chi connectivity index (χ1v) is 9.23. The summed E-state index contributed by atoms with van der Waals surface area (Å²) in [7, 11) is 1.55. The van der Waals surface area contributed by atoms with Crippen molar-refractivity contribution in [3.05, 3.63) is 24.3 Å². The molecule has 2 heteroatoms. The lowest BCUT2D eigenvalue weighted by Crippen LogP contribution is -2.54. The molecule has 3 rings (SSSR count). The smallest absolute Gasteiger partial charge is 0.311 e. The van der Waals surface area contributed by atoms with Crippen molar-refractivity contribution >= 4 is 5.97 Å². The Morgan fingerprint density at radius 3 is 2.65 bits per heavy atom. The number of carbonyl (C=O) groups is 1. The van der Waals surface area contributed by atoms with Gasteiger partial charge in [-0.05, 0) is 62.7 Å². The van der Waals surface area contributed by atoms with E-state index in [1.807, 2.05) is 0 Å². The molecule has 3 aliphatic carbocycles. The van der Waals surface area contributed by atoms with Crippen LogP contribution in [0.4, 0.5) is 0 Å². The summed E-state index contributed by atoms with van der Waals surface area (Å²) in [5.74, 6) is 1.09. The normalized spacial score (nSPS) is 46.2. The fraction of sp³-hybridized carbons (Fsp3) is 0.762. The second-order valence-corrected chi connectivity index (χ2v) is 8.88. The van der Waals surface area contributed by atoms with Crippen molar-refractivity contribution in [1.82, 2.24) is 0 Å². The molecule has 0 heterocycles. The largest absolute Gasteiger partial charge is 0.469 e. The minimum absolute atomic E-state index is 0.00703. The fourth-order valence-corrected chi connectivity index (χ4v) is 6.16. The Morgan fingerprint density at radius 1 is 1.26 bits per heavy atom. The third-order valence-corrected chi connectivity index (χ3v) is 7.55. The van der Waals surface area contributed by atoms with Gasteiger partial charge >= 0.3 is 5.97 Å². The second-order valence-electron chi connectivity index (χ2n) is 8.88. The summed E-state index contributed by atoms with van der Waals surface area (Å²) in [5.41, 5.74) is 1.74. The SMILES string of the molecule is C=C[C@]1(C)C=C2CC[C@H]3[C@@](C)(CCC[C@@]3(C)C(=O)OC)[C@@H]2CC1. The van der Waals surface area contributed by atoms with E-state index in [0.717, 1.165) is 25.7 Å². The van der Waals surface area contributed by atoms with Crippen molar-refractivity contribution in [3.63, 3.8) is 0 Å². The maximum Gasteiger partial charge on any atom is 0.311 e. The van der Waals surface area contributed by atoms with Gasteiger partial charge in [-0.15, -0.1) is 6.58 Å². The van der Waals surface area contributed by atoms with E-state index in [4.69, 9.17) is 4.74 Å². The van der Waals surface area contributed by atoms with Crippen molar-refractivity contribution in [2.45, 2.75) is 65.7 Å². The zero-order valence-corrected chi connectivity index (χ0v) is 15.3. The minimum atomic E-state index is -0.299. The Labute approximate surface area is 141 Å². The van der Waals surface area contributed by atoms with Crippen molar-refractivity contribution in [2.24, 2.45) is 28.1 Å². The zero-order valence-electron chi connectivity index (χ0n) is 15.3. The molecule has 23 heavy (non-hydrogen) atoms. The van der Waals surface area contributed by atoms with Crippen LogP contribution in [0, 0.1) is 28.1 Å². The minimum Gasteiger partial charge on any atom is -0.469 e. The standard InChI is InChI=1S/C21H32O2/c1-6-19(2)13-10-16-15(14-19)8-9-17-20(16,3)11-7-12-21(17,4)18(22)23-5/h6,14,16-17H,1,7-13H2,2-5H3/t16-,17+,19+,20+,21-/m1/s1. The highest BCUT2D eigenvalue weighted by Crippen LogP contribution is 2.64. The van der Waals surface area contributed by atoms with Gasteiger partial charge in [-0.2, -0.15) is 0 Å². The van der Waals surface area contributed by atoms with Crippen LogP contribution >= 0.6 is 0 Å². The van der Waals surface area contributed by atoms with E-state index >= 15 is 0 Å². The molecular weight excluding hydrogens is 284 g/mol. The van der Waals surface area contributed by atoms with Crippen LogP contribution in [-0.4, -0.2) is 13.1 Å². The molecule has 5 atom stereocenters. The van der Waals surface area contributed by atoms with Gasteiger partial charge in [-0.3, -0.25) is 4.79 Å². The van der Waals surface area contributed by atoms with Crippen molar-refractivity contribution in [3.8, 4) is 0 Å². The Kier molecular flexibility index (Phi) is 4.01. The van der Waals surface area contributed by atoms with Gasteiger partial charge in [-0.25, -0.2) is 0 Å². The molecule has 0 aromatic carbocycles. The maximum atomic E-state index is 12.5. The summed E-state index contributed by atoms with van der Waals surface area (Å²) in [6.07, 6.45) is 12.7. The van der Waals surface area contributed by atoms with Crippen LogP contribution in [0.1, 0.15) is 65.7 Å². The van der Waals surface area contributed by atoms with E-state index < -0.39 is 0 Å². The summed E-state index contributed by atoms with van der Waals surface area (Å²) in [5, 5.41) is 0. The van der Waals surface area contributed by atoms with E-state index in [1.54, 1.807) is 12.7 Å². The topological polar surface area (TPSA) is 26.3 Å². The fourth-order valence-electron chi connectivity index (χ4n) is 6.16. The highest BCUT2D eigenvalue weighted by molar-refractivity contribution is 5.77. The molecular formula is C21H32O2. The third kappa shape index (κ3) is 2.40. The average molecular weight is 316 g/mol. The molecule has 0 amide bonds. The first-order chi connectivity index (χ1) is 10.8. The highest BCUT2D eigenvalue weighted by atomic mass is 16.5. The number of ether oxygens (including phenoxy) is 1. The first-order valence-electron chi connectivity index (χ1n) is 9.23. The predicted octanol–water partition coefficient (Wildman–Crippen LogP) is 5.29. The molecule has 0 aliphatic heterocycles. The van der Waals surface area contributed by atoms with E-state index in [0.29, 0.717) is 11.8 Å². The first kappa shape index (κ1) is 16.8. The van der Waals surface area contributed by atoms with Crippen LogP contribution in [0.15, 0.2) is 24.3 Å². The average Bonchev–Trinajstić information content (AvgIpc) is 2.53. The van der Waals surface area contributed by atoms with Gasteiger partial charge < -0.3 is 4.74 Å². The van der Waals surface area contributed by atoms with Gasteiger partial charge in [0.2, 0.25) is 0 Å². The van der Waals surface area contributed by atoms with Crippen molar-refractivity contribution < 1.29 is 9.53 Å². The molecule has 0 aromatic heterocycles. The molecule has 0 unspecified atom stereocenters. The highest BCUT2D eigenvalue weighted by Gasteiger charge is 2.58. The van der Waals surface area contributed by atoms with Crippen LogP contribution in [0.25, 0.3) is 0 Å². The summed E-state index contributed by atoms with van der Waals surface area (Å²) >= 11 is 0. The molecule has 0 N–H and O–H groups in total. The monoisotopic (exact) mass is 316 g/mol. The van der Waals surface area contributed by atoms with Gasteiger partial charge in [0.15, 0.2) is 0 Å². The van der Waals surface area contributed by atoms with Gasteiger partial charge in [0.05, 0.1) is 12.5 Å². The zero-order chi connectivity index (χ0) is 16.9. The van der Waals surface area contributed by atoms with Crippen molar-refractivity contribution in [1.29, 1.82) is 0 Å².